The van der Waals surface area contributed by atoms with Crippen LogP contribution >= 0.6 is 0 Å². The van der Waals surface area contributed by atoms with E-state index in [1.165, 1.54) is 6.08 Å². The van der Waals surface area contributed by atoms with Gasteiger partial charge in [-0.25, -0.2) is 0 Å². The van der Waals surface area contributed by atoms with E-state index in [4.69, 9.17) is 14.2 Å². The molecule has 2 N–H and O–H groups in total. The number of rotatable bonds is 6. The molecule has 6 heteroatoms. The molecule has 152 valence electrons. The molecule has 0 fully saturated rings. The van der Waals surface area contributed by atoms with E-state index in [-0.39, 0.29) is 5.91 Å². The van der Waals surface area contributed by atoms with Crippen LogP contribution in [0.5, 0.6) is 17.2 Å². The second-order valence-electron chi connectivity index (χ2n) is 6.71. The molecule has 1 aromatic heterocycles. The van der Waals surface area contributed by atoms with Crippen LogP contribution in [0.15, 0.2) is 60.7 Å². The van der Waals surface area contributed by atoms with Crippen molar-refractivity contribution >= 4 is 39.5 Å². The fraction of sp³-hybridized carbons (Fsp3) is 0.125. The van der Waals surface area contributed by atoms with Crippen molar-refractivity contribution in [2.24, 2.45) is 0 Å². The molecule has 0 atom stereocenters. The van der Waals surface area contributed by atoms with Gasteiger partial charge < -0.3 is 24.5 Å². The number of aromatic amines is 1. The van der Waals surface area contributed by atoms with Crippen LogP contribution in [-0.2, 0) is 4.79 Å². The predicted molar refractivity (Wildman–Crippen MR) is 120 cm³/mol. The van der Waals surface area contributed by atoms with Gasteiger partial charge in [0.05, 0.1) is 21.3 Å². The van der Waals surface area contributed by atoms with Gasteiger partial charge in [0.1, 0.15) is 0 Å². The smallest absolute Gasteiger partial charge is 0.248 e. The zero-order valence-corrected chi connectivity index (χ0v) is 17.0. The van der Waals surface area contributed by atoms with Crippen LogP contribution in [-0.4, -0.2) is 32.2 Å². The Labute approximate surface area is 174 Å². The Hall–Kier alpha value is -3.93. The minimum atomic E-state index is -0.233. The number of para-hydroxylation sites is 1. The van der Waals surface area contributed by atoms with Gasteiger partial charge in [-0.15, -0.1) is 0 Å². The maximum atomic E-state index is 12.5. The van der Waals surface area contributed by atoms with Gasteiger partial charge >= 0.3 is 0 Å². The molecule has 4 rings (SSSR count). The molecule has 0 spiro atoms. The number of carbonyl (C=O) groups is 1. The van der Waals surface area contributed by atoms with E-state index >= 15 is 0 Å². The van der Waals surface area contributed by atoms with E-state index in [9.17, 15) is 4.79 Å². The van der Waals surface area contributed by atoms with E-state index in [0.29, 0.717) is 17.2 Å². The summed E-state index contributed by atoms with van der Waals surface area (Å²) in [6, 6.07) is 17.5. The van der Waals surface area contributed by atoms with Crippen molar-refractivity contribution in [1.82, 2.24) is 4.98 Å². The fourth-order valence-electron chi connectivity index (χ4n) is 3.48. The third-order valence-corrected chi connectivity index (χ3v) is 4.89. The maximum absolute atomic E-state index is 12.5. The minimum absolute atomic E-state index is 0.233. The molecule has 0 saturated carbocycles. The first-order valence-corrected chi connectivity index (χ1v) is 9.42. The summed E-state index contributed by atoms with van der Waals surface area (Å²) in [5.41, 5.74) is 3.58. The topological polar surface area (TPSA) is 72.6 Å². The number of H-pyrrole nitrogens is 1. The highest BCUT2D eigenvalue weighted by Crippen LogP contribution is 2.38. The average Bonchev–Trinajstić information content (AvgIpc) is 3.14. The normalized spacial score (nSPS) is 11.2. The Morgan fingerprint density at radius 3 is 2.27 bits per heavy atom. The highest BCUT2D eigenvalue weighted by atomic mass is 16.5. The summed E-state index contributed by atoms with van der Waals surface area (Å²) < 4.78 is 16.0. The molecule has 0 aliphatic heterocycles. The summed E-state index contributed by atoms with van der Waals surface area (Å²) in [5, 5.41) is 5.10. The number of hydrogen-bond acceptors (Lipinski definition) is 4. The summed E-state index contributed by atoms with van der Waals surface area (Å²) >= 11 is 0. The van der Waals surface area contributed by atoms with E-state index in [1.807, 2.05) is 36.4 Å². The van der Waals surface area contributed by atoms with E-state index in [2.05, 4.69) is 16.4 Å². The van der Waals surface area contributed by atoms with Crippen LogP contribution in [0.1, 0.15) is 5.56 Å². The highest BCUT2D eigenvalue weighted by Gasteiger charge is 2.12. The Morgan fingerprint density at radius 1 is 0.867 bits per heavy atom. The largest absolute Gasteiger partial charge is 0.493 e. The van der Waals surface area contributed by atoms with Crippen molar-refractivity contribution in [2.45, 2.75) is 0 Å². The molecular formula is C24H22N2O4. The Bertz CT molecular complexity index is 1230. The molecule has 1 heterocycles. The Morgan fingerprint density at radius 2 is 1.57 bits per heavy atom. The molecule has 0 unspecified atom stereocenters. The zero-order valence-electron chi connectivity index (χ0n) is 17.0. The van der Waals surface area contributed by atoms with Gasteiger partial charge in [0, 0.05) is 33.6 Å². The highest BCUT2D eigenvalue weighted by molar-refractivity contribution is 6.10. The summed E-state index contributed by atoms with van der Waals surface area (Å²) in [7, 11) is 4.66. The number of amides is 1. The number of hydrogen-bond donors (Lipinski definition) is 2. The van der Waals surface area contributed by atoms with Gasteiger partial charge in [0.2, 0.25) is 11.7 Å². The zero-order chi connectivity index (χ0) is 21.1. The molecule has 3 aromatic carbocycles. The standard InChI is InChI=1S/C24H22N2O4/c1-28-21-12-15(13-22(29-2)24(21)30-3)8-11-23(27)25-16-9-10-20-18(14-16)17-6-4-5-7-19(17)26-20/h4-14,26H,1-3H3,(H,25,27)/b11-8+. The van der Waals surface area contributed by atoms with Crippen LogP contribution in [0.2, 0.25) is 0 Å². The quantitative estimate of drug-likeness (QED) is 0.445. The number of carbonyl (C=O) groups excluding carboxylic acids is 1. The third kappa shape index (κ3) is 3.67. The first-order chi connectivity index (χ1) is 14.6. The van der Waals surface area contributed by atoms with Crippen LogP contribution < -0.4 is 19.5 Å². The van der Waals surface area contributed by atoms with Crippen molar-refractivity contribution < 1.29 is 19.0 Å². The molecule has 0 bridgehead atoms. The lowest BCUT2D eigenvalue weighted by molar-refractivity contribution is -0.111. The van der Waals surface area contributed by atoms with Gasteiger partial charge in [0.25, 0.3) is 0 Å². The number of methoxy groups -OCH3 is 3. The van der Waals surface area contributed by atoms with Crippen LogP contribution in [0.4, 0.5) is 5.69 Å². The molecule has 1 amide bonds. The van der Waals surface area contributed by atoms with E-state index in [1.54, 1.807) is 39.5 Å². The van der Waals surface area contributed by atoms with Crippen molar-refractivity contribution in [2.75, 3.05) is 26.6 Å². The predicted octanol–water partition coefficient (Wildman–Crippen LogP) is 5.00. The number of fused-ring (bicyclic) bond motifs is 3. The summed E-state index contributed by atoms with van der Waals surface area (Å²) in [5.74, 6) is 1.33. The van der Waals surface area contributed by atoms with Gasteiger partial charge in [-0.1, -0.05) is 18.2 Å². The van der Waals surface area contributed by atoms with Crippen molar-refractivity contribution in [1.29, 1.82) is 0 Å². The van der Waals surface area contributed by atoms with Crippen molar-refractivity contribution in [3.63, 3.8) is 0 Å². The van der Waals surface area contributed by atoms with Crippen molar-refractivity contribution in [3.05, 3.63) is 66.2 Å². The lowest BCUT2D eigenvalue weighted by Gasteiger charge is -2.12. The first kappa shape index (κ1) is 19.4. The second-order valence-corrected chi connectivity index (χ2v) is 6.71. The van der Waals surface area contributed by atoms with E-state index in [0.717, 1.165) is 33.1 Å². The van der Waals surface area contributed by atoms with E-state index < -0.39 is 0 Å². The Balaban J connectivity index is 1.56. The second kappa shape index (κ2) is 8.21. The molecule has 6 nitrogen and oxygen atoms in total. The molecule has 0 radical (unpaired) electrons. The van der Waals surface area contributed by atoms with Crippen LogP contribution in [0.3, 0.4) is 0 Å². The SMILES string of the molecule is COc1cc(/C=C/C(=O)Nc2ccc3[nH]c4ccccc4c3c2)cc(OC)c1OC. The number of benzene rings is 3. The summed E-state index contributed by atoms with van der Waals surface area (Å²) in [6.45, 7) is 0. The average molecular weight is 402 g/mol. The molecule has 30 heavy (non-hydrogen) atoms. The first-order valence-electron chi connectivity index (χ1n) is 9.42. The summed E-state index contributed by atoms with van der Waals surface area (Å²) in [6.07, 6.45) is 3.17. The maximum Gasteiger partial charge on any atom is 0.248 e. The molecule has 4 aromatic rings. The fourth-order valence-corrected chi connectivity index (χ4v) is 3.48. The molecule has 0 saturated heterocycles. The number of nitrogens with one attached hydrogen (secondary N) is 2. The van der Waals surface area contributed by atoms with Gasteiger partial charge in [-0.2, -0.15) is 0 Å². The van der Waals surface area contributed by atoms with Crippen molar-refractivity contribution in [3.8, 4) is 17.2 Å². The lowest BCUT2D eigenvalue weighted by atomic mass is 10.1. The molecule has 0 aliphatic rings. The van der Waals surface area contributed by atoms with Crippen LogP contribution in [0.25, 0.3) is 27.9 Å². The minimum Gasteiger partial charge on any atom is -0.493 e. The third-order valence-electron chi connectivity index (χ3n) is 4.89. The van der Waals surface area contributed by atoms with Gasteiger partial charge in [-0.3, -0.25) is 4.79 Å². The lowest BCUT2D eigenvalue weighted by Crippen LogP contribution is -2.07. The molecular weight excluding hydrogens is 380 g/mol. The Kier molecular flexibility index (Phi) is 5.30. The van der Waals surface area contributed by atoms with Gasteiger partial charge in [-0.05, 0) is 48.0 Å². The number of ether oxygens (including phenoxy) is 3. The van der Waals surface area contributed by atoms with Crippen LogP contribution in [0, 0.1) is 0 Å². The number of anilines is 1. The van der Waals surface area contributed by atoms with Gasteiger partial charge in [0.15, 0.2) is 11.5 Å². The monoisotopic (exact) mass is 402 g/mol. The summed E-state index contributed by atoms with van der Waals surface area (Å²) in [4.78, 5) is 15.8. The molecule has 0 aliphatic carbocycles. The number of aromatic nitrogens is 1.